The van der Waals surface area contributed by atoms with Gasteiger partial charge in [-0.1, -0.05) is 24.6 Å². The number of nitrogens with two attached hydrogens (primary N) is 1. The number of anilines is 1. The summed E-state index contributed by atoms with van der Waals surface area (Å²) in [5.41, 5.74) is 4.63. The van der Waals surface area contributed by atoms with E-state index >= 15 is 8.78 Å². The van der Waals surface area contributed by atoms with Gasteiger partial charge in [0, 0.05) is 34.6 Å². The zero-order valence-electron chi connectivity index (χ0n) is 24.5. The summed E-state index contributed by atoms with van der Waals surface area (Å²) >= 11 is 0. The smallest absolute Gasteiger partial charge is 0.383 e. The van der Waals surface area contributed by atoms with Crippen molar-refractivity contribution in [2.24, 2.45) is 23.0 Å². The normalized spacial score (nSPS) is 29.8. The van der Waals surface area contributed by atoms with Crippen LogP contribution in [-0.4, -0.2) is 40.4 Å². The van der Waals surface area contributed by atoms with Crippen molar-refractivity contribution in [1.82, 2.24) is 0 Å². The number of fused-ring (bicyclic) bond motifs is 4. The van der Waals surface area contributed by atoms with Gasteiger partial charge in [-0.2, -0.15) is 22.0 Å². The van der Waals surface area contributed by atoms with Gasteiger partial charge in [0.15, 0.2) is 5.78 Å². The summed E-state index contributed by atoms with van der Waals surface area (Å²) in [6, 6.07) is 12.5. The molecule has 45 heavy (non-hydrogen) atoms. The highest BCUT2D eigenvalue weighted by Crippen LogP contribution is 2.70. The third-order valence-electron chi connectivity index (χ3n) is 10.8. The summed E-state index contributed by atoms with van der Waals surface area (Å²) in [6.45, 7) is 1.37. The number of rotatable bonds is 5. The molecule has 4 aliphatic carbocycles. The van der Waals surface area contributed by atoms with E-state index in [0.29, 0.717) is 36.9 Å². The molecule has 0 aliphatic heterocycles. The van der Waals surface area contributed by atoms with Crippen molar-refractivity contribution in [3.05, 3.63) is 88.0 Å². The van der Waals surface area contributed by atoms with Gasteiger partial charge >= 0.3 is 12.1 Å². The van der Waals surface area contributed by atoms with E-state index in [-0.39, 0.29) is 35.7 Å². The number of carbonyl (C=O) groups excluding carboxylic acids is 3. The lowest BCUT2D eigenvalue weighted by atomic mass is 9.50. The van der Waals surface area contributed by atoms with E-state index in [4.69, 9.17) is 5.73 Å². The third kappa shape index (κ3) is 4.81. The fraction of sp³-hybridized carbons (Fsp3) is 0.441. The first-order chi connectivity index (χ1) is 21.1. The van der Waals surface area contributed by atoms with E-state index in [1.54, 1.807) is 30.3 Å². The van der Waals surface area contributed by atoms with Gasteiger partial charge in [0.2, 0.25) is 5.91 Å². The Bertz CT molecular complexity index is 1630. The number of benzene rings is 2. The molecular formula is C34H33F5N2O4. The average molecular weight is 629 g/mol. The lowest BCUT2D eigenvalue weighted by molar-refractivity contribution is -0.362. The van der Waals surface area contributed by atoms with Crippen molar-refractivity contribution in [3.8, 4) is 0 Å². The summed E-state index contributed by atoms with van der Waals surface area (Å²) in [5, 5.41) is 14.1. The maximum Gasteiger partial charge on any atom is 0.456 e. The molecule has 5 atom stereocenters. The number of nitrogens with one attached hydrogen (secondary N) is 1. The zero-order chi connectivity index (χ0) is 32.5. The Morgan fingerprint density at radius 1 is 0.933 bits per heavy atom. The Balaban J connectivity index is 1.38. The predicted molar refractivity (Wildman–Crippen MR) is 156 cm³/mol. The monoisotopic (exact) mass is 628 g/mol. The van der Waals surface area contributed by atoms with Gasteiger partial charge in [-0.05, 0) is 110 Å². The van der Waals surface area contributed by atoms with Crippen LogP contribution in [0.4, 0.5) is 27.6 Å². The van der Waals surface area contributed by atoms with Crippen molar-refractivity contribution in [1.29, 1.82) is 0 Å². The second-order valence-electron chi connectivity index (χ2n) is 13.0. The number of halogens is 5. The number of carbonyl (C=O) groups is 3. The number of hydrogen-bond donors (Lipinski definition) is 3. The quantitative estimate of drug-likeness (QED) is 0.314. The Morgan fingerprint density at radius 3 is 2.20 bits per heavy atom. The molecule has 238 valence electrons. The molecule has 4 aliphatic rings. The van der Waals surface area contributed by atoms with Gasteiger partial charge in [-0.15, -0.1) is 0 Å². The number of primary amides is 1. The highest BCUT2D eigenvalue weighted by Gasteiger charge is 2.79. The number of aliphatic hydroxyl groups is 1. The molecule has 2 saturated carbocycles. The fourth-order valence-corrected chi connectivity index (χ4v) is 8.50. The summed E-state index contributed by atoms with van der Waals surface area (Å²) in [7, 11) is 0. The van der Waals surface area contributed by atoms with Crippen molar-refractivity contribution >= 4 is 23.3 Å². The highest BCUT2D eigenvalue weighted by molar-refractivity contribution is 6.04. The standard InChI is InChI=1S/C34H33F5N2O4/c1-31-17-26(18-2-4-20(5-3-18)30(44)41-22-9-6-19(7-10-22)29(40)43)28-24-13-11-23(42)16-21(24)8-12-25(28)27(31)14-15-32(31,45)33(35,36)34(37,38)39/h2-7,9-10,16,25-27,45H,8,11-15,17H2,1H3,(H2,40,43)(H,41,44)/t25?,26-,27?,31?,32+/m1/s1. The summed E-state index contributed by atoms with van der Waals surface area (Å²) in [5.74, 6) is -7.90. The van der Waals surface area contributed by atoms with Crippen LogP contribution in [-0.2, 0) is 4.79 Å². The molecule has 11 heteroatoms. The van der Waals surface area contributed by atoms with Gasteiger partial charge in [0.05, 0.1) is 0 Å². The minimum atomic E-state index is -5.92. The van der Waals surface area contributed by atoms with Crippen molar-refractivity contribution < 1.29 is 41.4 Å². The molecule has 2 fully saturated rings. The summed E-state index contributed by atoms with van der Waals surface area (Å²) < 4.78 is 71.7. The Kier molecular flexibility index (Phi) is 7.34. The van der Waals surface area contributed by atoms with Gasteiger partial charge in [-0.25, -0.2) is 0 Å². The van der Waals surface area contributed by atoms with Crippen molar-refractivity contribution in [2.75, 3.05) is 5.32 Å². The molecular weight excluding hydrogens is 595 g/mol. The largest absolute Gasteiger partial charge is 0.456 e. The first-order valence-electron chi connectivity index (χ1n) is 15.0. The van der Waals surface area contributed by atoms with E-state index in [1.165, 1.54) is 31.2 Å². The minimum Gasteiger partial charge on any atom is -0.383 e. The van der Waals surface area contributed by atoms with Gasteiger partial charge in [0.1, 0.15) is 5.60 Å². The Hall–Kier alpha value is -3.86. The highest BCUT2D eigenvalue weighted by atomic mass is 19.4. The second kappa shape index (κ2) is 10.6. The van der Waals surface area contributed by atoms with Crippen LogP contribution in [0.1, 0.15) is 84.1 Å². The minimum absolute atomic E-state index is 0.00434. The average Bonchev–Trinajstić information content (AvgIpc) is 3.27. The summed E-state index contributed by atoms with van der Waals surface area (Å²) in [4.78, 5) is 36.6. The van der Waals surface area contributed by atoms with Crippen LogP contribution in [0.5, 0.6) is 0 Å². The maximum atomic E-state index is 15.2. The van der Waals surface area contributed by atoms with Crippen LogP contribution >= 0.6 is 0 Å². The number of hydrogen-bond acceptors (Lipinski definition) is 4. The summed E-state index contributed by atoms with van der Waals surface area (Å²) in [6.07, 6.45) is -3.33. The Morgan fingerprint density at radius 2 is 1.58 bits per heavy atom. The second-order valence-corrected chi connectivity index (χ2v) is 13.0. The molecule has 0 bridgehead atoms. The number of allylic oxidation sites excluding steroid dienone is 4. The van der Waals surface area contributed by atoms with Gasteiger partial charge in [-0.3, -0.25) is 14.4 Å². The van der Waals surface area contributed by atoms with Crippen LogP contribution in [0.2, 0.25) is 0 Å². The van der Waals surface area contributed by atoms with Crippen LogP contribution in [0.3, 0.4) is 0 Å². The van der Waals surface area contributed by atoms with E-state index in [1.807, 2.05) is 0 Å². The van der Waals surface area contributed by atoms with Crippen LogP contribution < -0.4 is 11.1 Å². The number of alkyl halides is 5. The van der Waals surface area contributed by atoms with E-state index in [0.717, 1.165) is 16.7 Å². The molecule has 2 aromatic carbocycles. The molecule has 0 spiro atoms. The molecule has 0 saturated heterocycles. The molecule has 0 heterocycles. The predicted octanol–water partition coefficient (Wildman–Crippen LogP) is 6.87. The number of amides is 2. The SMILES string of the molecule is CC12C[C@H](c3ccc(C(=O)Nc4ccc(C(N)=O)cc4)cc3)C3=C4CCC(=O)C=C4CCC3C1CC[C@@]2(O)C(F)(F)C(F)(F)F. The van der Waals surface area contributed by atoms with Crippen molar-refractivity contribution in [3.63, 3.8) is 0 Å². The lowest BCUT2D eigenvalue weighted by Crippen LogP contribution is -2.65. The van der Waals surface area contributed by atoms with Crippen LogP contribution in [0.25, 0.3) is 0 Å². The first-order valence-corrected chi connectivity index (χ1v) is 15.0. The zero-order valence-corrected chi connectivity index (χ0v) is 24.5. The molecule has 4 N–H and O–H groups in total. The third-order valence-corrected chi connectivity index (χ3v) is 10.8. The van der Waals surface area contributed by atoms with Crippen LogP contribution in [0.15, 0.2) is 71.3 Å². The number of ketones is 1. The van der Waals surface area contributed by atoms with Gasteiger partial charge < -0.3 is 16.2 Å². The van der Waals surface area contributed by atoms with Gasteiger partial charge in [0.25, 0.3) is 5.91 Å². The fourth-order valence-electron chi connectivity index (χ4n) is 8.50. The molecule has 2 amide bonds. The van der Waals surface area contributed by atoms with E-state index in [2.05, 4.69) is 5.32 Å². The topological polar surface area (TPSA) is 109 Å². The lowest BCUT2D eigenvalue weighted by Gasteiger charge is -2.56. The molecule has 3 unspecified atom stereocenters. The molecule has 6 nitrogen and oxygen atoms in total. The molecule has 6 rings (SSSR count). The first kappa shape index (κ1) is 31.1. The molecule has 2 aromatic rings. The Labute approximate surface area is 256 Å². The van der Waals surface area contributed by atoms with E-state index < -0.39 is 53.2 Å². The molecule has 0 radical (unpaired) electrons. The van der Waals surface area contributed by atoms with Crippen molar-refractivity contribution in [2.45, 2.75) is 75.5 Å². The molecule has 0 aromatic heterocycles. The maximum absolute atomic E-state index is 15.2. The van der Waals surface area contributed by atoms with E-state index in [9.17, 15) is 32.7 Å². The van der Waals surface area contributed by atoms with Crippen LogP contribution in [0, 0.1) is 17.3 Å².